The number of hydrogen-bond acceptors (Lipinski definition) is 2. The summed E-state index contributed by atoms with van der Waals surface area (Å²) in [5, 5.41) is 7.96. The summed E-state index contributed by atoms with van der Waals surface area (Å²) in [5.41, 5.74) is 1.55. The number of para-hydroxylation sites is 1. The maximum atomic E-state index is 13.5. The van der Waals surface area contributed by atoms with Gasteiger partial charge in [0.2, 0.25) is 5.91 Å². The monoisotopic (exact) mass is 329 g/mol. The SMILES string of the molecule is CC(C)NC(=O)Nc1ccc(CC(=O)Nc2ccccc2F)cc1. The number of benzene rings is 2. The second kappa shape index (κ2) is 8.10. The van der Waals surface area contributed by atoms with Crippen molar-refractivity contribution in [1.82, 2.24) is 5.32 Å². The van der Waals surface area contributed by atoms with Gasteiger partial charge in [-0.3, -0.25) is 4.79 Å². The number of halogens is 1. The molecule has 0 saturated carbocycles. The van der Waals surface area contributed by atoms with Gasteiger partial charge in [0.1, 0.15) is 5.82 Å². The van der Waals surface area contributed by atoms with Crippen molar-refractivity contribution in [3.8, 4) is 0 Å². The average Bonchev–Trinajstić information content (AvgIpc) is 2.51. The number of rotatable bonds is 5. The summed E-state index contributed by atoms with van der Waals surface area (Å²) in [4.78, 5) is 23.6. The van der Waals surface area contributed by atoms with Crippen LogP contribution in [0.5, 0.6) is 0 Å². The Morgan fingerprint density at radius 2 is 1.67 bits per heavy atom. The normalized spacial score (nSPS) is 10.3. The zero-order valence-electron chi connectivity index (χ0n) is 13.6. The van der Waals surface area contributed by atoms with E-state index in [-0.39, 0.29) is 30.1 Å². The molecule has 2 rings (SSSR count). The highest BCUT2D eigenvalue weighted by Crippen LogP contribution is 2.14. The molecule has 0 atom stereocenters. The second-order valence-electron chi connectivity index (χ2n) is 5.65. The Balaban J connectivity index is 1.90. The van der Waals surface area contributed by atoms with Crippen molar-refractivity contribution in [3.63, 3.8) is 0 Å². The Hall–Kier alpha value is -2.89. The van der Waals surface area contributed by atoms with Crippen LogP contribution in [0.15, 0.2) is 48.5 Å². The van der Waals surface area contributed by atoms with Crippen LogP contribution in [0.2, 0.25) is 0 Å². The van der Waals surface area contributed by atoms with E-state index in [4.69, 9.17) is 0 Å². The first-order chi connectivity index (χ1) is 11.4. The zero-order valence-corrected chi connectivity index (χ0v) is 13.6. The van der Waals surface area contributed by atoms with Gasteiger partial charge in [-0.2, -0.15) is 0 Å². The van der Waals surface area contributed by atoms with Crippen LogP contribution in [0.4, 0.5) is 20.6 Å². The molecule has 0 unspecified atom stereocenters. The first-order valence-corrected chi connectivity index (χ1v) is 7.65. The van der Waals surface area contributed by atoms with Gasteiger partial charge in [-0.25, -0.2) is 9.18 Å². The minimum absolute atomic E-state index is 0.0475. The lowest BCUT2D eigenvalue weighted by Gasteiger charge is -2.10. The van der Waals surface area contributed by atoms with Crippen LogP contribution in [-0.2, 0) is 11.2 Å². The summed E-state index contributed by atoms with van der Waals surface area (Å²) < 4.78 is 13.5. The lowest BCUT2D eigenvalue weighted by Crippen LogP contribution is -2.34. The topological polar surface area (TPSA) is 70.2 Å². The number of anilines is 2. The molecule has 0 bridgehead atoms. The Labute approximate surface area is 140 Å². The summed E-state index contributed by atoms with van der Waals surface area (Å²) in [5.74, 6) is -0.778. The Morgan fingerprint density at radius 1 is 1.00 bits per heavy atom. The lowest BCUT2D eigenvalue weighted by molar-refractivity contribution is -0.115. The van der Waals surface area contributed by atoms with Crippen LogP contribution < -0.4 is 16.0 Å². The number of carbonyl (C=O) groups excluding carboxylic acids is 2. The number of hydrogen-bond donors (Lipinski definition) is 3. The van der Waals surface area contributed by atoms with Crippen molar-refractivity contribution in [2.45, 2.75) is 26.3 Å². The molecular weight excluding hydrogens is 309 g/mol. The molecule has 6 heteroatoms. The van der Waals surface area contributed by atoms with Crippen molar-refractivity contribution in [3.05, 3.63) is 59.9 Å². The van der Waals surface area contributed by atoms with Crippen LogP contribution in [0.3, 0.4) is 0 Å². The third kappa shape index (κ3) is 5.39. The smallest absolute Gasteiger partial charge is 0.319 e. The molecule has 0 spiro atoms. The minimum Gasteiger partial charge on any atom is -0.336 e. The summed E-state index contributed by atoms with van der Waals surface area (Å²) in [6.45, 7) is 3.74. The summed E-state index contributed by atoms with van der Waals surface area (Å²) in [7, 11) is 0. The van der Waals surface area contributed by atoms with E-state index in [0.29, 0.717) is 5.69 Å². The van der Waals surface area contributed by atoms with Gasteiger partial charge in [0.15, 0.2) is 0 Å². The molecule has 0 fully saturated rings. The average molecular weight is 329 g/mol. The standard InChI is InChI=1S/C18H20FN3O2/c1-12(2)20-18(24)21-14-9-7-13(8-10-14)11-17(23)22-16-6-4-3-5-15(16)19/h3-10,12H,11H2,1-2H3,(H,22,23)(H2,20,21,24). The Kier molecular flexibility index (Phi) is 5.89. The minimum atomic E-state index is -0.471. The zero-order chi connectivity index (χ0) is 17.5. The fourth-order valence-corrected chi connectivity index (χ4v) is 2.08. The lowest BCUT2D eigenvalue weighted by atomic mass is 10.1. The number of nitrogens with one attached hydrogen (secondary N) is 3. The molecule has 3 amide bonds. The van der Waals surface area contributed by atoms with E-state index in [9.17, 15) is 14.0 Å². The molecule has 126 valence electrons. The molecule has 0 aliphatic heterocycles. The maximum Gasteiger partial charge on any atom is 0.319 e. The third-order valence-corrected chi connectivity index (χ3v) is 3.14. The molecule has 2 aromatic carbocycles. The molecule has 0 aromatic heterocycles. The number of carbonyl (C=O) groups is 2. The van der Waals surface area contributed by atoms with Gasteiger partial charge in [0.05, 0.1) is 12.1 Å². The Morgan fingerprint density at radius 3 is 2.29 bits per heavy atom. The van der Waals surface area contributed by atoms with Gasteiger partial charge in [-0.1, -0.05) is 24.3 Å². The van der Waals surface area contributed by atoms with Crippen molar-refractivity contribution in [2.75, 3.05) is 10.6 Å². The largest absolute Gasteiger partial charge is 0.336 e. The maximum absolute atomic E-state index is 13.5. The molecule has 0 saturated heterocycles. The predicted octanol–water partition coefficient (Wildman–Crippen LogP) is 3.54. The van der Waals surface area contributed by atoms with Gasteiger partial charge in [0.25, 0.3) is 0 Å². The molecule has 3 N–H and O–H groups in total. The van der Waals surface area contributed by atoms with Crippen LogP contribution in [-0.4, -0.2) is 18.0 Å². The van der Waals surface area contributed by atoms with E-state index < -0.39 is 5.82 Å². The summed E-state index contributed by atoms with van der Waals surface area (Å²) in [6.07, 6.45) is 0.118. The fourth-order valence-electron chi connectivity index (χ4n) is 2.08. The van der Waals surface area contributed by atoms with Crippen LogP contribution in [0.1, 0.15) is 19.4 Å². The first-order valence-electron chi connectivity index (χ1n) is 7.65. The van der Waals surface area contributed by atoms with Gasteiger partial charge < -0.3 is 16.0 Å². The van der Waals surface area contributed by atoms with Crippen molar-refractivity contribution >= 4 is 23.3 Å². The van der Waals surface area contributed by atoms with E-state index in [1.807, 2.05) is 13.8 Å². The quantitative estimate of drug-likeness (QED) is 0.785. The molecule has 0 heterocycles. The van der Waals surface area contributed by atoms with Crippen LogP contribution in [0.25, 0.3) is 0 Å². The van der Waals surface area contributed by atoms with E-state index in [1.54, 1.807) is 36.4 Å². The van der Waals surface area contributed by atoms with Gasteiger partial charge in [0, 0.05) is 11.7 Å². The highest BCUT2D eigenvalue weighted by molar-refractivity contribution is 5.92. The van der Waals surface area contributed by atoms with Gasteiger partial charge >= 0.3 is 6.03 Å². The van der Waals surface area contributed by atoms with Gasteiger partial charge in [-0.05, 0) is 43.7 Å². The summed E-state index contributed by atoms with van der Waals surface area (Å²) in [6, 6.07) is 12.7. The van der Waals surface area contributed by atoms with Crippen molar-refractivity contribution in [1.29, 1.82) is 0 Å². The van der Waals surface area contributed by atoms with E-state index in [2.05, 4.69) is 16.0 Å². The number of urea groups is 1. The molecular formula is C18H20FN3O2. The van der Waals surface area contributed by atoms with E-state index >= 15 is 0 Å². The molecule has 0 aliphatic carbocycles. The van der Waals surface area contributed by atoms with Crippen molar-refractivity contribution in [2.24, 2.45) is 0 Å². The Bertz CT molecular complexity index is 714. The van der Waals surface area contributed by atoms with E-state index in [0.717, 1.165) is 5.56 Å². The molecule has 24 heavy (non-hydrogen) atoms. The second-order valence-corrected chi connectivity index (χ2v) is 5.65. The van der Waals surface area contributed by atoms with E-state index in [1.165, 1.54) is 12.1 Å². The van der Waals surface area contributed by atoms with Crippen LogP contribution >= 0.6 is 0 Å². The highest BCUT2D eigenvalue weighted by atomic mass is 19.1. The number of amides is 3. The predicted molar refractivity (Wildman–Crippen MR) is 92.5 cm³/mol. The molecule has 2 aromatic rings. The fraction of sp³-hybridized carbons (Fsp3) is 0.222. The van der Waals surface area contributed by atoms with Crippen molar-refractivity contribution < 1.29 is 14.0 Å². The highest BCUT2D eigenvalue weighted by Gasteiger charge is 2.08. The third-order valence-electron chi connectivity index (χ3n) is 3.14. The molecule has 0 radical (unpaired) electrons. The first kappa shape index (κ1) is 17.5. The molecule has 5 nitrogen and oxygen atoms in total. The molecule has 0 aliphatic rings. The summed E-state index contributed by atoms with van der Waals surface area (Å²) >= 11 is 0. The van der Waals surface area contributed by atoms with Gasteiger partial charge in [-0.15, -0.1) is 0 Å². The van der Waals surface area contributed by atoms with Crippen LogP contribution in [0, 0.1) is 5.82 Å².